The molecular weight excluding hydrogens is 259 g/mol. The molecule has 1 atom stereocenters. The van der Waals surface area contributed by atoms with Crippen LogP contribution in [0.3, 0.4) is 0 Å². The molecule has 1 aliphatic heterocycles. The molecule has 2 rings (SSSR count). The minimum atomic E-state index is -0.00517. The Morgan fingerprint density at radius 3 is 2.88 bits per heavy atom. The van der Waals surface area contributed by atoms with Crippen LogP contribution in [0.5, 0.6) is 0 Å². The van der Waals surface area contributed by atoms with Crippen molar-refractivity contribution in [3.63, 3.8) is 0 Å². The molecule has 0 aromatic heterocycles. The highest BCUT2D eigenvalue weighted by molar-refractivity contribution is 6.32. The van der Waals surface area contributed by atoms with Crippen LogP contribution in [0, 0.1) is 17.2 Å². The first kappa shape index (κ1) is 12.2. The number of carbonyl (C=O) groups is 1. The molecular formula is C12H10Cl2N2O. The van der Waals surface area contributed by atoms with Crippen molar-refractivity contribution in [2.24, 2.45) is 5.92 Å². The Bertz CT molecular complexity index is 496. The second-order valence-corrected chi connectivity index (χ2v) is 4.69. The Kier molecular flexibility index (Phi) is 3.56. The summed E-state index contributed by atoms with van der Waals surface area (Å²) in [7, 11) is 0. The molecule has 0 radical (unpaired) electrons. The number of nitrogens with zero attached hydrogens (tertiary/aromatic N) is 2. The van der Waals surface area contributed by atoms with Gasteiger partial charge < -0.3 is 4.90 Å². The number of rotatable bonds is 2. The molecule has 1 heterocycles. The van der Waals surface area contributed by atoms with Gasteiger partial charge in [0.1, 0.15) is 6.07 Å². The summed E-state index contributed by atoms with van der Waals surface area (Å²) in [6.07, 6.45) is 0.431. The molecule has 0 aliphatic carbocycles. The summed E-state index contributed by atoms with van der Waals surface area (Å²) in [6.45, 7) is 0.553. The quantitative estimate of drug-likeness (QED) is 0.775. The number of alkyl halides is 1. The van der Waals surface area contributed by atoms with E-state index in [4.69, 9.17) is 28.5 Å². The molecule has 88 valence electrons. The zero-order chi connectivity index (χ0) is 12.4. The lowest BCUT2D eigenvalue weighted by Crippen LogP contribution is -2.25. The summed E-state index contributed by atoms with van der Waals surface area (Å²) in [4.78, 5) is 13.4. The minimum absolute atomic E-state index is 0.00517. The lowest BCUT2D eigenvalue weighted by Gasteiger charge is -2.18. The Hall–Kier alpha value is -1.24. The SMILES string of the molecule is N#Cc1c(Cl)cccc1N1CC(CCl)CC1=O. The van der Waals surface area contributed by atoms with E-state index in [1.807, 2.05) is 6.07 Å². The first-order valence-corrected chi connectivity index (χ1v) is 6.13. The van der Waals surface area contributed by atoms with Crippen LogP contribution in [-0.4, -0.2) is 18.3 Å². The standard InChI is InChI=1S/C12H10Cl2N2O/c13-5-8-4-12(17)16(7-8)11-3-1-2-10(14)9(11)6-15/h1-3,8H,4-5,7H2. The summed E-state index contributed by atoms with van der Waals surface area (Å²) < 4.78 is 0. The lowest BCUT2D eigenvalue weighted by molar-refractivity contribution is -0.117. The smallest absolute Gasteiger partial charge is 0.227 e. The maximum Gasteiger partial charge on any atom is 0.227 e. The fourth-order valence-electron chi connectivity index (χ4n) is 1.97. The largest absolute Gasteiger partial charge is 0.311 e. The highest BCUT2D eigenvalue weighted by Crippen LogP contribution is 2.31. The fourth-order valence-corrected chi connectivity index (χ4v) is 2.38. The maximum absolute atomic E-state index is 11.8. The molecule has 5 heteroatoms. The number of halogens is 2. The van der Waals surface area contributed by atoms with Crippen LogP contribution >= 0.6 is 23.2 Å². The molecule has 1 unspecified atom stereocenters. The molecule has 1 aromatic carbocycles. The van der Waals surface area contributed by atoms with E-state index in [9.17, 15) is 4.79 Å². The third-order valence-corrected chi connectivity index (χ3v) is 3.57. The molecule has 0 saturated carbocycles. The van der Waals surface area contributed by atoms with Crippen LogP contribution in [0.25, 0.3) is 0 Å². The monoisotopic (exact) mass is 268 g/mol. The van der Waals surface area contributed by atoms with Crippen molar-refractivity contribution in [2.75, 3.05) is 17.3 Å². The molecule has 3 nitrogen and oxygen atoms in total. The van der Waals surface area contributed by atoms with Crippen molar-refractivity contribution in [3.8, 4) is 6.07 Å². The van der Waals surface area contributed by atoms with Crippen LogP contribution < -0.4 is 4.90 Å². The van der Waals surface area contributed by atoms with Crippen molar-refractivity contribution in [1.82, 2.24) is 0 Å². The van der Waals surface area contributed by atoms with Gasteiger partial charge in [0.25, 0.3) is 0 Å². The van der Waals surface area contributed by atoms with Gasteiger partial charge in [-0.3, -0.25) is 4.79 Å². The van der Waals surface area contributed by atoms with Crippen molar-refractivity contribution >= 4 is 34.8 Å². The summed E-state index contributed by atoms with van der Waals surface area (Å²) in [6, 6.07) is 7.15. The fraction of sp³-hybridized carbons (Fsp3) is 0.333. The van der Waals surface area contributed by atoms with E-state index in [2.05, 4.69) is 0 Å². The lowest BCUT2D eigenvalue weighted by atomic mass is 10.1. The Morgan fingerprint density at radius 2 is 2.29 bits per heavy atom. The van der Waals surface area contributed by atoms with Crippen LogP contribution in [0.2, 0.25) is 5.02 Å². The van der Waals surface area contributed by atoms with E-state index in [-0.39, 0.29) is 11.8 Å². The second-order valence-electron chi connectivity index (χ2n) is 3.97. The molecule has 1 fully saturated rings. The van der Waals surface area contributed by atoms with E-state index in [1.54, 1.807) is 23.1 Å². The third kappa shape index (κ3) is 2.24. The average molecular weight is 269 g/mol. The van der Waals surface area contributed by atoms with Crippen molar-refractivity contribution in [1.29, 1.82) is 5.26 Å². The Labute approximate surface area is 110 Å². The van der Waals surface area contributed by atoms with E-state index in [0.29, 0.717) is 35.1 Å². The van der Waals surface area contributed by atoms with Gasteiger partial charge in [0, 0.05) is 18.8 Å². The summed E-state index contributed by atoms with van der Waals surface area (Å²) >= 11 is 11.7. The summed E-state index contributed by atoms with van der Waals surface area (Å²) in [5.74, 6) is 0.592. The molecule has 17 heavy (non-hydrogen) atoms. The van der Waals surface area contributed by atoms with Crippen molar-refractivity contribution in [3.05, 3.63) is 28.8 Å². The molecule has 1 aliphatic rings. The van der Waals surface area contributed by atoms with Crippen LogP contribution in [-0.2, 0) is 4.79 Å². The molecule has 1 saturated heterocycles. The normalized spacial score (nSPS) is 19.5. The number of hydrogen-bond acceptors (Lipinski definition) is 2. The maximum atomic E-state index is 11.8. The molecule has 0 bridgehead atoms. The van der Waals surface area contributed by atoms with Crippen molar-refractivity contribution in [2.45, 2.75) is 6.42 Å². The van der Waals surface area contributed by atoms with Crippen molar-refractivity contribution < 1.29 is 4.79 Å². The molecule has 0 spiro atoms. The highest BCUT2D eigenvalue weighted by atomic mass is 35.5. The van der Waals surface area contributed by atoms with Gasteiger partial charge in [-0.2, -0.15) is 5.26 Å². The number of benzene rings is 1. The van der Waals surface area contributed by atoms with E-state index in [0.717, 1.165) is 0 Å². The van der Waals surface area contributed by atoms with Crippen LogP contribution in [0.1, 0.15) is 12.0 Å². The van der Waals surface area contributed by atoms with Gasteiger partial charge in [0.2, 0.25) is 5.91 Å². The van der Waals surface area contributed by atoms with Gasteiger partial charge in [-0.25, -0.2) is 0 Å². The van der Waals surface area contributed by atoms with E-state index in [1.165, 1.54) is 0 Å². The average Bonchev–Trinajstić information content (AvgIpc) is 2.70. The van der Waals surface area contributed by atoms with Gasteiger partial charge in [-0.1, -0.05) is 17.7 Å². The zero-order valence-corrected chi connectivity index (χ0v) is 10.5. The van der Waals surface area contributed by atoms with Gasteiger partial charge in [-0.15, -0.1) is 11.6 Å². The van der Waals surface area contributed by atoms with E-state index < -0.39 is 0 Å². The number of nitriles is 1. The predicted molar refractivity (Wildman–Crippen MR) is 67.3 cm³/mol. The zero-order valence-electron chi connectivity index (χ0n) is 8.99. The third-order valence-electron chi connectivity index (χ3n) is 2.82. The number of amides is 1. The summed E-state index contributed by atoms with van der Waals surface area (Å²) in [5, 5.41) is 9.44. The molecule has 1 aromatic rings. The predicted octanol–water partition coefficient (Wildman–Crippen LogP) is 2.80. The van der Waals surface area contributed by atoms with Gasteiger partial charge >= 0.3 is 0 Å². The van der Waals surface area contributed by atoms with Gasteiger partial charge in [0.15, 0.2) is 0 Å². The molecule has 0 N–H and O–H groups in total. The first-order chi connectivity index (χ1) is 8.17. The Morgan fingerprint density at radius 1 is 1.53 bits per heavy atom. The van der Waals surface area contributed by atoms with Crippen LogP contribution in [0.4, 0.5) is 5.69 Å². The molecule has 1 amide bonds. The van der Waals surface area contributed by atoms with E-state index >= 15 is 0 Å². The minimum Gasteiger partial charge on any atom is -0.311 e. The topological polar surface area (TPSA) is 44.1 Å². The van der Waals surface area contributed by atoms with Gasteiger partial charge in [-0.05, 0) is 18.1 Å². The number of hydrogen-bond donors (Lipinski definition) is 0. The summed E-state index contributed by atoms with van der Waals surface area (Å²) in [5.41, 5.74) is 0.926. The highest BCUT2D eigenvalue weighted by Gasteiger charge is 2.31. The number of carbonyl (C=O) groups excluding carboxylic acids is 1. The van der Waals surface area contributed by atoms with Gasteiger partial charge in [0.05, 0.1) is 16.3 Å². The Balaban J connectivity index is 2.39. The second kappa shape index (κ2) is 4.95. The number of anilines is 1. The van der Waals surface area contributed by atoms with Crippen LogP contribution in [0.15, 0.2) is 18.2 Å². The first-order valence-electron chi connectivity index (χ1n) is 5.22.